The molecular weight excluding hydrogens is 500 g/mol. The van der Waals surface area contributed by atoms with E-state index in [1.807, 2.05) is 64.1 Å². The van der Waals surface area contributed by atoms with Crippen LogP contribution in [0.15, 0.2) is 70.0 Å². The molecule has 0 aromatic heterocycles. The van der Waals surface area contributed by atoms with Crippen LogP contribution in [0.3, 0.4) is 0 Å². The fourth-order valence-corrected chi connectivity index (χ4v) is 5.60. The van der Waals surface area contributed by atoms with Crippen LogP contribution >= 0.6 is 15.9 Å². The number of nitrogens with zero attached hydrogens (tertiary/aromatic N) is 1. The minimum atomic E-state index is -3.88. The third-order valence-electron chi connectivity index (χ3n) is 5.49. The SMILES string of the molecule is CCc1cc(Br)cc(C)c1NC(=O)CN(Cc1ccc(C)cc1)S(=O)(=O)c1ccc(C)cc1. The molecule has 0 fully saturated rings. The maximum absolute atomic E-state index is 13.5. The molecule has 7 heteroatoms. The molecule has 3 aromatic carbocycles. The number of sulfonamides is 1. The standard InChI is InChI=1S/C26H29BrN2O3S/c1-5-22-15-23(27)14-20(4)26(22)28-25(30)17-29(16-21-10-6-18(2)7-11-21)33(31,32)24-12-8-19(3)9-13-24/h6-15H,5,16-17H2,1-4H3,(H,28,30). The number of halogens is 1. The number of nitrogens with one attached hydrogen (secondary N) is 1. The lowest BCUT2D eigenvalue weighted by molar-refractivity contribution is -0.116. The quantitative estimate of drug-likeness (QED) is 0.403. The first-order valence-corrected chi connectivity index (χ1v) is 13.0. The van der Waals surface area contributed by atoms with Crippen LogP contribution in [0.5, 0.6) is 0 Å². The van der Waals surface area contributed by atoms with Gasteiger partial charge in [-0.25, -0.2) is 8.42 Å². The Bertz CT molecular complexity index is 1240. The average molecular weight is 530 g/mol. The summed E-state index contributed by atoms with van der Waals surface area (Å²) in [6, 6.07) is 18.2. The van der Waals surface area contributed by atoms with Gasteiger partial charge >= 0.3 is 0 Å². The Morgan fingerprint density at radius 2 is 1.52 bits per heavy atom. The van der Waals surface area contributed by atoms with Crippen LogP contribution in [-0.2, 0) is 27.8 Å². The summed E-state index contributed by atoms with van der Waals surface area (Å²) in [6.07, 6.45) is 0.741. The number of rotatable bonds is 8. The van der Waals surface area contributed by atoms with Crippen molar-refractivity contribution in [1.29, 1.82) is 0 Å². The van der Waals surface area contributed by atoms with Gasteiger partial charge in [0, 0.05) is 16.7 Å². The molecule has 0 radical (unpaired) electrons. The molecule has 0 saturated heterocycles. The highest BCUT2D eigenvalue weighted by Crippen LogP contribution is 2.27. The molecule has 0 spiro atoms. The predicted molar refractivity (Wildman–Crippen MR) is 137 cm³/mol. The van der Waals surface area contributed by atoms with Gasteiger partial charge in [-0.1, -0.05) is 70.4 Å². The Morgan fingerprint density at radius 3 is 2.09 bits per heavy atom. The maximum atomic E-state index is 13.5. The van der Waals surface area contributed by atoms with E-state index >= 15 is 0 Å². The van der Waals surface area contributed by atoms with Crippen LogP contribution in [0.25, 0.3) is 0 Å². The summed E-state index contributed by atoms with van der Waals surface area (Å²) in [5.74, 6) is -0.377. The smallest absolute Gasteiger partial charge is 0.243 e. The summed E-state index contributed by atoms with van der Waals surface area (Å²) in [5, 5.41) is 2.95. The zero-order valence-electron chi connectivity index (χ0n) is 19.4. The predicted octanol–water partition coefficient (Wildman–Crippen LogP) is 5.77. The van der Waals surface area contributed by atoms with Crippen LogP contribution in [0.2, 0.25) is 0 Å². The Morgan fingerprint density at radius 1 is 0.939 bits per heavy atom. The van der Waals surface area contributed by atoms with Crippen molar-refractivity contribution in [2.45, 2.75) is 45.6 Å². The number of amides is 1. The van der Waals surface area contributed by atoms with E-state index in [9.17, 15) is 13.2 Å². The number of carbonyl (C=O) groups is 1. The molecule has 5 nitrogen and oxygen atoms in total. The lowest BCUT2D eigenvalue weighted by Gasteiger charge is -2.23. The van der Waals surface area contributed by atoms with E-state index in [0.29, 0.717) is 0 Å². The fraction of sp³-hybridized carbons (Fsp3) is 0.269. The van der Waals surface area contributed by atoms with Crippen molar-refractivity contribution in [1.82, 2.24) is 4.31 Å². The summed E-state index contributed by atoms with van der Waals surface area (Å²) >= 11 is 3.49. The number of anilines is 1. The van der Waals surface area contributed by atoms with Crippen molar-refractivity contribution in [2.75, 3.05) is 11.9 Å². The molecule has 0 aliphatic heterocycles. The van der Waals surface area contributed by atoms with E-state index in [4.69, 9.17) is 0 Å². The monoisotopic (exact) mass is 528 g/mol. The number of aryl methyl sites for hydroxylation is 4. The van der Waals surface area contributed by atoms with Gasteiger partial charge in [0.1, 0.15) is 0 Å². The molecule has 3 rings (SSSR count). The number of hydrogen-bond acceptors (Lipinski definition) is 3. The third-order valence-corrected chi connectivity index (χ3v) is 7.75. The van der Waals surface area contributed by atoms with Gasteiger partial charge in [-0.15, -0.1) is 0 Å². The molecular formula is C26H29BrN2O3S. The van der Waals surface area contributed by atoms with Crippen molar-refractivity contribution < 1.29 is 13.2 Å². The van der Waals surface area contributed by atoms with Gasteiger partial charge in [-0.2, -0.15) is 4.31 Å². The van der Waals surface area contributed by atoms with Crippen LogP contribution in [-0.4, -0.2) is 25.2 Å². The first-order chi connectivity index (χ1) is 15.6. The first kappa shape index (κ1) is 25.1. The molecule has 0 bridgehead atoms. The molecule has 0 heterocycles. The zero-order chi connectivity index (χ0) is 24.2. The summed E-state index contributed by atoms with van der Waals surface area (Å²) in [6.45, 7) is 7.63. The van der Waals surface area contributed by atoms with Crippen LogP contribution < -0.4 is 5.32 Å². The van der Waals surface area contributed by atoms with Crippen molar-refractivity contribution in [2.24, 2.45) is 0 Å². The van der Waals surface area contributed by atoms with Gasteiger partial charge in [-0.3, -0.25) is 4.79 Å². The largest absolute Gasteiger partial charge is 0.324 e. The molecule has 0 atom stereocenters. The average Bonchev–Trinajstić information content (AvgIpc) is 2.76. The maximum Gasteiger partial charge on any atom is 0.243 e. The first-order valence-electron chi connectivity index (χ1n) is 10.8. The van der Waals surface area contributed by atoms with Gasteiger partial charge in [0.15, 0.2) is 0 Å². The number of hydrogen-bond donors (Lipinski definition) is 1. The summed E-state index contributed by atoms with van der Waals surface area (Å²) in [5.41, 5.74) is 5.51. The number of benzene rings is 3. The zero-order valence-corrected chi connectivity index (χ0v) is 21.8. The highest BCUT2D eigenvalue weighted by atomic mass is 79.9. The van der Waals surface area contributed by atoms with E-state index in [0.717, 1.165) is 44.4 Å². The minimum absolute atomic E-state index is 0.101. The number of carbonyl (C=O) groups excluding carboxylic acids is 1. The lowest BCUT2D eigenvalue weighted by atomic mass is 10.1. The third kappa shape index (κ3) is 6.31. The molecule has 1 N–H and O–H groups in total. The minimum Gasteiger partial charge on any atom is -0.324 e. The second-order valence-electron chi connectivity index (χ2n) is 8.23. The normalized spacial score (nSPS) is 11.6. The molecule has 3 aromatic rings. The second kappa shape index (κ2) is 10.6. The van der Waals surface area contributed by atoms with Crippen molar-refractivity contribution in [3.8, 4) is 0 Å². The Balaban J connectivity index is 1.92. The molecule has 0 unspecified atom stereocenters. The molecule has 0 aliphatic rings. The van der Waals surface area contributed by atoms with Gasteiger partial charge in [0.25, 0.3) is 0 Å². The van der Waals surface area contributed by atoms with Crippen molar-refractivity contribution in [3.63, 3.8) is 0 Å². The summed E-state index contributed by atoms with van der Waals surface area (Å²) in [4.78, 5) is 13.2. The highest BCUT2D eigenvalue weighted by Gasteiger charge is 2.27. The van der Waals surface area contributed by atoms with Crippen molar-refractivity contribution in [3.05, 3.63) is 93.0 Å². The molecule has 1 amide bonds. The van der Waals surface area contributed by atoms with E-state index in [-0.39, 0.29) is 23.9 Å². The van der Waals surface area contributed by atoms with Gasteiger partial charge < -0.3 is 5.32 Å². The van der Waals surface area contributed by atoms with Gasteiger partial charge in [-0.05, 0) is 68.1 Å². The van der Waals surface area contributed by atoms with Gasteiger partial charge in [0.05, 0.1) is 11.4 Å². The van der Waals surface area contributed by atoms with Crippen molar-refractivity contribution >= 4 is 37.5 Å². The molecule has 0 saturated carbocycles. The fourth-order valence-electron chi connectivity index (χ4n) is 3.59. The molecule has 174 valence electrons. The second-order valence-corrected chi connectivity index (χ2v) is 11.1. The van der Waals surface area contributed by atoms with Crippen LogP contribution in [0, 0.1) is 20.8 Å². The van der Waals surface area contributed by atoms with Crippen LogP contribution in [0.1, 0.15) is 34.7 Å². The lowest BCUT2D eigenvalue weighted by Crippen LogP contribution is -2.37. The summed E-state index contributed by atoms with van der Waals surface area (Å²) < 4.78 is 29.1. The van der Waals surface area contributed by atoms with E-state index in [1.165, 1.54) is 4.31 Å². The van der Waals surface area contributed by atoms with E-state index < -0.39 is 10.0 Å². The summed E-state index contributed by atoms with van der Waals surface area (Å²) in [7, 11) is -3.88. The Kier molecular flexibility index (Phi) is 8.10. The van der Waals surface area contributed by atoms with E-state index in [2.05, 4.69) is 21.2 Å². The van der Waals surface area contributed by atoms with E-state index in [1.54, 1.807) is 24.3 Å². The Labute approximate surface area is 205 Å². The highest BCUT2D eigenvalue weighted by molar-refractivity contribution is 9.10. The van der Waals surface area contributed by atoms with Crippen LogP contribution in [0.4, 0.5) is 5.69 Å². The van der Waals surface area contributed by atoms with Gasteiger partial charge in [0.2, 0.25) is 15.9 Å². The Hall–Kier alpha value is -2.48. The topological polar surface area (TPSA) is 66.5 Å². The molecule has 0 aliphatic carbocycles. The molecule has 33 heavy (non-hydrogen) atoms.